The quantitative estimate of drug-likeness (QED) is 0.678. The van der Waals surface area contributed by atoms with Gasteiger partial charge >= 0.3 is 15.5 Å². The Morgan fingerprint density at radius 2 is 1.94 bits per heavy atom. The summed E-state index contributed by atoms with van der Waals surface area (Å²) < 4.78 is 64.7. The molecule has 5 nitrogen and oxygen atoms in total. The molecule has 100 valence electrons. The Morgan fingerprint density at radius 1 is 1.33 bits per heavy atom. The number of ether oxygens (including phenoxy) is 1. The van der Waals surface area contributed by atoms with Gasteiger partial charge in [-0.1, -0.05) is 12.1 Å². The number of para-hydroxylation sites is 2. The summed E-state index contributed by atoms with van der Waals surface area (Å²) in [5.41, 5.74) is -5.71. The van der Waals surface area contributed by atoms with Crippen LogP contribution in [0.15, 0.2) is 29.3 Å². The highest BCUT2D eigenvalue weighted by atomic mass is 32.2. The smallest absolute Gasteiger partial charge is 0.444 e. The van der Waals surface area contributed by atoms with Crippen LogP contribution in [0.25, 0.3) is 0 Å². The van der Waals surface area contributed by atoms with Gasteiger partial charge in [0.05, 0.1) is 5.69 Å². The Hall–Kier alpha value is -1.77. The number of sulfonamides is 1. The van der Waals surface area contributed by atoms with Crippen molar-refractivity contribution < 1.29 is 26.3 Å². The summed E-state index contributed by atoms with van der Waals surface area (Å²) >= 11 is 0. The van der Waals surface area contributed by atoms with E-state index in [-0.39, 0.29) is 11.4 Å². The number of benzene rings is 1. The molecule has 9 heteroatoms. The van der Waals surface area contributed by atoms with Gasteiger partial charge in [0.2, 0.25) is 0 Å². The zero-order valence-corrected chi connectivity index (χ0v) is 9.92. The van der Waals surface area contributed by atoms with Crippen molar-refractivity contribution in [3.8, 4) is 5.75 Å². The summed E-state index contributed by atoms with van der Waals surface area (Å²) in [6, 6.07) is 5.28. The second-order valence-electron chi connectivity index (χ2n) is 3.03. The fraction of sp³-hybridized carbons (Fsp3) is 0.222. The van der Waals surface area contributed by atoms with Crippen LogP contribution in [0.5, 0.6) is 5.75 Å². The zero-order chi connectivity index (χ0) is 13.8. The molecule has 0 aliphatic carbocycles. The predicted molar refractivity (Wildman–Crippen MR) is 60.1 cm³/mol. The van der Waals surface area contributed by atoms with Gasteiger partial charge in [0.1, 0.15) is 0 Å². The molecular formula is C9H9F3N2O3S. The van der Waals surface area contributed by atoms with Crippen molar-refractivity contribution in [1.29, 1.82) is 0 Å². The number of anilines is 1. The monoisotopic (exact) mass is 282 g/mol. The summed E-state index contributed by atoms with van der Waals surface area (Å²) in [5.74, 6) is -0.0871. The fourth-order valence-electron chi connectivity index (χ4n) is 0.966. The van der Waals surface area contributed by atoms with Crippen LogP contribution in [0.1, 0.15) is 0 Å². The van der Waals surface area contributed by atoms with Crippen molar-refractivity contribution in [2.75, 3.05) is 11.8 Å². The van der Waals surface area contributed by atoms with E-state index in [1.165, 1.54) is 30.0 Å². The average molecular weight is 282 g/mol. The normalized spacial score (nSPS) is 12.7. The van der Waals surface area contributed by atoms with E-state index in [2.05, 4.69) is 4.99 Å². The van der Waals surface area contributed by atoms with Crippen LogP contribution in [0.2, 0.25) is 0 Å². The van der Waals surface area contributed by atoms with E-state index in [0.717, 1.165) is 12.5 Å². The molecule has 1 rings (SSSR count). The van der Waals surface area contributed by atoms with Crippen LogP contribution in [0, 0.1) is 0 Å². The Kier molecular flexibility index (Phi) is 4.17. The van der Waals surface area contributed by atoms with Gasteiger partial charge < -0.3 is 4.74 Å². The molecule has 0 saturated heterocycles. The maximum Gasteiger partial charge on any atom is 0.516 e. The minimum atomic E-state index is -5.47. The van der Waals surface area contributed by atoms with Gasteiger partial charge in [-0.3, -0.25) is 9.71 Å². The topological polar surface area (TPSA) is 67.8 Å². The lowest BCUT2D eigenvalue weighted by atomic mass is 10.3. The Morgan fingerprint density at radius 3 is 2.50 bits per heavy atom. The molecule has 0 unspecified atom stereocenters. The highest BCUT2D eigenvalue weighted by Crippen LogP contribution is 2.30. The Bertz CT molecular complexity index is 540. The van der Waals surface area contributed by atoms with Crippen molar-refractivity contribution in [1.82, 2.24) is 0 Å². The summed E-state index contributed by atoms with van der Waals surface area (Å²) in [6.45, 7) is 0. The second kappa shape index (κ2) is 5.25. The summed E-state index contributed by atoms with van der Waals surface area (Å²) in [6.07, 6.45) is 0.973. The van der Waals surface area contributed by atoms with Crippen molar-refractivity contribution in [2.24, 2.45) is 4.99 Å². The van der Waals surface area contributed by atoms with Crippen LogP contribution >= 0.6 is 0 Å². The third kappa shape index (κ3) is 3.36. The van der Waals surface area contributed by atoms with E-state index < -0.39 is 15.5 Å². The Labute approximate surface area is 101 Å². The second-order valence-corrected chi connectivity index (χ2v) is 4.70. The molecule has 1 aromatic rings. The third-order valence-electron chi connectivity index (χ3n) is 1.72. The zero-order valence-electron chi connectivity index (χ0n) is 9.10. The lowest BCUT2D eigenvalue weighted by Gasteiger charge is -2.12. The molecule has 0 aromatic heterocycles. The average Bonchev–Trinajstić information content (AvgIpc) is 2.26. The van der Waals surface area contributed by atoms with Crippen LogP contribution < -0.4 is 9.46 Å². The number of aliphatic imine (C=N–C) groups is 1. The summed E-state index contributed by atoms with van der Waals surface area (Å²) in [5, 5.41) is 0. The molecule has 0 aliphatic heterocycles. The van der Waals surface area contributed by atoms with Gasteiger partial charge in [-0.05, 0) is 12.1 Å². The van der Waals surface area contributed by atoms with E-state index in [1.54, 1.807) is 0 Å². The molecule has 0 radical (unpaired) electrons. The minimum absolute atomic E-state index is 0.0871. The van der Waals surface area contributed by atoms with Gasteiger partial charge in [-0.25, -0.2) is 0 Å². The first-order chi connectivity index (χ1) is 8.28. The molecule has 1 aromatic carbocycles. The SMILES string of the molecule is CN=COc1ccccc1NS(=O)(=O)C(F)(F)F. The molecule has 0 fully saturated rings. The number of rotatable bonds is 4. The Balaban J connectivity index is 3.05. The number of hydrogen-bond acceptors (Lipinski definition) is 4. The van der Waals surface area contributed by atoms with Crippen molar-refractivity contribution in [3.05, 3.63) is 24.3 Å². The van der Waals surface area contributed by atoms with E-state index in [0.29, 0.717) is 0 Å². The van der Waals surface area contributed by atoms with Crippen molar-refractivity contribution in [2.45, 2.75) is 5.51 Å². The highest BCUT2D eigenvalue weighted by molar-refractivity contribution is 7.93. The molecule has 0 amide bonds. The standard InChI is InChI=1S/C9H9F3N2O3S/c1-13-6-17-8-5-3-2-4-7(8)14-18(15,16)9(10,11)12/h2-6,14H,1H3. The van der Waals surface area contributed by atoms with Crippen LogP contribution in [0.4, 0.5) is 18.9 Å². The van der Waals surface area contributed by atoms with Gasteiger partial charge in [-0.2, -0.15) is 21.6 Å². The van der Waals surface area contributed by atoms with Gasteiger partial charge in [0, 0.05) is 7.05 Å². The fourth-order valence-corrected chi connectivity index (χ4v) is 1.54. The maximum absolute atomic E-state index is 12.2. The van der Waals surface area contributed by atoms with Crippen molar-refractivity contribution in [3.63, 3.8) is 0 Å². The first kappa shape index (κ1) is 14.3. The molecule has 18 heavy (non-hydrogen) atoms. The molecule has 0 heterocycles. The molecule has 0 spiro atoms. The number of nitrogens with one attached hydrogen (secondary N) is 1. The lowest BCUT2D eigenvalue weighted by molar-refractivity contribution is -0.0429. The van der Waals surface area contributed by atoms with Gasteiger partial charge in [0.25, 0.3) is 0 Å². The minimum Gasteiger partial charge on any atom is -0.444 e. The predicted octanol–water partition coefficient (Wildman–Crippen LogP) is 1.98. The maximum atomic E-state index is 12.2. The van der Waals surface area contributed by atoms with Crippen molar-refractivity contribution >= 4 is 22.1 Å². The number of alkyl halides is 3. The van der Waals surface area contributed by atoms with Crippen LogP contribution in [-0.4, -0.2) is 27.4 Å². The van der Waals surface area contributed by atoms with E-state index in [9.17, 15) is 21.6 Å². The number of nitrogens with zero attached hydrogens (tertiary/aromatic N) is 1. The summed E-state index contributed by atoms with van der Waals surface area (Å²) in [7, 11) is -4.08. The summed E-state index contributed by atoms with van der Waals surface area (Å²) in [4.78, 5) is 3.47. The van der Waals surface area contributed by atoms with E-state index in [1.807, 2.05) is 0 Å². The molecule has 0 saturated carbocycles. The van der Waals surface area contributed by atoms with E-state index in [4.69, 9.17) is 4.74 Å². The number of halogens is 3. The van der Waals surface area contributed by atoms with Crippen LogP contribution in [0.3, 0.4) is 0 Å². The molecular weight excluding hydrogens is 273 g/mol. The third-order valence-corrected chi connectivity index (χ3v) is 2.82. The van der Waals surface area contributed by atoms with Gasteiger partial charge in [0.15, 0.2) is 12.2 Å². The molecule has 0 atom stereocenters. The molecule has 0 aliphatic rings. The van der Waals surface area contributed by atoms with E-state index >= 15 is 0 Å². The van der Waals surface area contributed by atoms with Gasteiger partial charge in [-0.15, -0.1) is 0 Å². The number of hydrogen-bond donors (Lipinski definition) is 1. The van der Waals surface area contributed by atoms with Crippen LogP contribution in [-0.2, 0) is 10.0 Å². The lowest BCUT2D eigenvalue weighted by Crippen LogP contribution is -2.30. The molecule has 1 N–H and O–H groups in total. The molecule has 0 bridgehead atoms. The first-order valence-corrected chi connectivity index (χ1v) is 6.01. The highest BCUT2D eigenvalue weighted by Gasteiger charge is 2.46. The first-order valence-electron chi connectivity index (χ1n) is 4.53. The largest absolute Gasteiger partial charge is 0.516 e.